The molecule has 2 aromatic carbocycles. The number of nitrogens with two attached hydrogens (primary N) is 1. The van der Waals surface area contributed by atoms with Crippen molar-refractivity contribution >= 4 is 34.1 Å². The number of halogens is 1. The van der Waals surface area contributed by atoms with E-state index in [0.717, 1.165) is 30.8 Å². The number of aliphatic hydroxyl groups excluding tert-OH is 1. The highest BCUT2D eigenvalue weighted by atomic mass is 32.2. The van der Waals surface area contributed by atoms with Crippen LogP contribution in [0.15, 0.2) is 65.7 Å². The number of nitrogens with one attached hydrogen (secondary N) is 3. The lowest BCUT2D eigenvalue weighted by molar-refractivity contribution is -0.136. The molecule has 1 fully saturated rings. The second-order valence-corrected chi connectivity index (χ2v) is 12.2. The number of aliphatic hydroxyl groups is 1. The maximum Gasteiger partial charge on any atom is 0.317 e. The third kappa shape index (κ3) is 15.9. The van der Waals surface area contributed by atoms with Crippen LogP contribution in [0.25, 0.3) is 0 Å². The number of aldehydes is 1. The number of carboxylic acid groups (broad SMARTS) is 1. The van der Waals surface area contributed by atoms with Gasteiger partial charge in [0.15, 0.2) is 0 Å². The number of likely N-dealkylation sites (tertiary alicyclic amines) is 1. The van der Waals surface area contributed by atoms with Crippen molar-refractivity contribution in [3.63, 3.8) is 0 Å². The number of hydrogen-bond donors (Lipinski definition) is 6. The quantitative estimate of drug-likeness (QED) is 0.172. The van der Waals surface area contributed by atoms with E-state index in [0.29, 0.717) is 36.1 Å². The van der Waals surface area contributed by atoms with E-state index in [1.807, 2.05) is 42.2 Å². The summed E-state index contributed by atoms with van der Waals surface area (Å²) >= 11 is 0. The number of carboxylic acids is 1. The molecule has 0 saturated carbocycles. The molecule has 4 rings (SSSR count). The zero-order chi connectivity index (χ0) is 36.1. The Bertz CT molecular complexity index is 1520. The summed E-state index contributed by atoms with van der Waals surface area (Å²) in [7, 11) is -1.86. The van der Waals surface area contributed by atoms with Crippen LogP contribution in [0.3, 0.4) is 0 Å². The number of urea groups is 1. The molecule has 3 aromatic rings. The van der Waals surface area contributed by atoms with Gasteiger partial charge in [0.25, 0.3) is 0 Å². The second kappa shape index (κ2) is 22.2. The fourth-order valence-electron chi connectivity index (χ4n) is 4.77. The zero-order valence-corrected chi connectivity index (χ0v) is 28.6. The minimum absolute atomic E-state index is 0.118. The molecule has 0 radical (unpaired) electrons. The number of aromatic nitrogens is 1. The first-order valence-corrected chi connectivity index (χ1v) is 16.7. The van der Waals surface area contributed by atoms with Crippen molar-refractivity contribution < 1.29 is 37.4 Å². The fourth-order valence-corrected chi connectivity index (χ4v) is 5.78. The normalized spacial score (nSPS) is 13.4. The molecule has 2 heterocycles. The van der Waals surface area contributed by atoms with Crippen LogP contribution < -0.4 is 21.1 Å². The van der Waals surface area contributed by atoms with Crippen LogP contribution in [0.5, 0.6) is 0 Å². The number of aryl methyl sites for hydroxylation is 3. The Hall–Kier alpha value is -4.44. The smallest absolute Gasteiger partial charge is 0.317 e. The number of carbonyl (C=O) groups excluding carboxylic acids is 2. The molecular weight excluding hydrogens is 643 g/mol. The van der Waals surface area contributed by atoms with E-state index in [1.54, 1.807) is 45.3 Å². The van der Waals surface area contributed by atoms with Crippen LogP contribution in [0.4, 0.5) is 15.0 Å². The Morgan fingerprint density at radius 2 is 1.73 bits per heavy atom. The number of hydrogen-bond acceptors (Lipinski definition) is 9. The first kappa shape index (κ1) is 41.6. The van der Waals surface area contributed by atoms with Gasteiger partial charge in [-0.1, -0.05) is 42.0 Å². The standard InChI is InChI=1S/C18H21FN4O.C9H13NO2S.C4H9NO2.C2H4O2/c19-16-8-2-1-6-14(16)12-22-18(24)23-11-5-7-15(23)13-21-17-9-3-4-10-20-17;1-6-4-7(2)9(8(3)5-6)13(10,11)12;1-5-3-2-4(6)7;3-1-2-4/h1-4,6,8-10,15H,5,7,11-13H2,(H,20,21)(H,22,24);4-5H,1-3H3,(H2,10,11,12);5H,2-3H2,1H3,(H,6,7);1,4H,2H2. The second-order valence-electron chi connectivity index (χ2n) is 10.7. The van der Waals surface area contributed by atoms with Gasteiger partial charge in [0.05, 0.1) is 24.0 Å². The van der Waals surface area contributed by atoms with Gasteiger partial charge in [-0.2, -0.15) is 0 Å². The van der Waals surface area contributed by atoms with Gasteiger partial charge >= 0.3 is 12.0 Å². The minimum atomic E-state index is -3.58. The zero-order valence-electron chi connectivity index (χ0n) is 27.8. The maximum absolute atomic E-state index is 13.6. The molecule has 0 spiro atoms. The number of amides is 2. The van der Waals surface area contributed by atoms with Gasteiger partial charge in [-0.3, -0.25) is 4.79 Å². The molecule has 7 N–H and O–H groups in total. The number of sulfonamides is 1. The SMILES string of the molecule is CNCCC(=O)O.Cc1cc(C)c(S(N)(=O)=O)c(C)c1.O=C(NCc1ccccc1F)N1CCCC1CNc1ccccn1.O=CCO. The summed E-state index contributed by atoms with van der Waals surface area (Å²) < 4.78 is 35.9. The summed E-state index contributed by atoms with van der Waals surface area (Å²) in [6.45, 7) is 7.19. The molecule has 15 heteroatoms. The van der Waals surface area contributed by atoms with Crippen LogP contribution in [0.1, 0.15) is 41.5 Å². The highest BCUT2D eigenvalue weighted by Gasteiger charge is 2.28. The van der Waals surface area contributed by atoms with E-state index in [2.05, 4.69) is 20.9 Å². The number of rotatable bonds is 10. The molecule has 1 unspecified atom stereocenters. The first-order chi connectivity index (χ1) is 22.7. The summed E-state index contributed by atoms with van der Waals surface area (Å²) in [5.41, 5.74) is 2.95. The van der Waals surface area contributed by atoms with Crippen LogP contribution in [-0.2, 0) is 26.2 Å². The monoisotopic (exact) mass is 690 g/mol. The van der Waals surface area contributed by atoms with E-state index in [-0.39, 0.29) is 42.4 Å². The Morgan fingerprint density at radius 1 is 1.10 bits per heavy atom. The van der Waals surface area contributed by atoms with Gasteiger partial charge in [-0.15, -0.1) is 0 Å². The highest BCUT2D eigenvalue weighted by molar-refractivity contribution is 7.89. The molecule has 264 valence electrons. The third-order valence-electron chi connectivity index (χ3n) is 6.76. The highest BCUT2D eigenvalue weighted by Crippen LogP contribution is 2.20. The average molecular weight is 691 g/mol. The Morgan fingerprint density at radius 3 is 2.23 bits per heavy atom. The lowest BCUT2D eigenvalue weighted by Crippen LogP contribution is -2.45. The fraction of sp³-hybridized carbons (Fsp3) is 0.394. The lowest BCUT2D eigenvalue weighted by Gasteiger charge is -2.25. The summed E-state index contributed by atoms with van der Waals surface area (Å²) in [6.07, 6.45) is 4.29. The van der Waals surface area contributed by atoms with Crippen molar-refractivity contribution in [1.82, 2.24) is 20.5 Å². The van der Waals surface area contributed by atoms with E-state index in [4.69, 9.17) is 20.1 Å². The maximum atomic E-state index is 13.6. The van der Waals surface area contributed by atoms with E-state index >= 15 is 0 Å². The number of aliphatic carboxylic acids is 1. The van der Waals surface area contributed by atoms with Crippen molar-refractivity contribution in [1.29, 1.82) is 0 Å². The topological polar surface area (TPSA) is 204 Å². The van der Waals surface area contributed by atoms with Crippen molar-refractivity contribution in [3.8, 4) is 0 Å². The largest absolute Gasteiger partial charge is 0.481 e. The minimum Gasteiger partial charge on any atom is -0.481 e. The number of carbonyl (C=O) groups is 3. The van der Waals surface area contributed by atoms with Crippen LogP contribution >= 0.6 is 0 Å². The summed E-state index contributed by atoms with van der Waals surface area (Å²) in [6, 6.07) is 15.8. The molecule has 0 bridgehead atoms. The Balaban J connectivity index is 0.000000401. The molecule has 1 aromatic heterocycles. The molecule has 1 aliphatic heterocycles. The van der Waals surface area contributed by atoms with Crippen LogP contribution in [0, 0.1) is 26.6 Å². The van der Waals surface area contributed by atoms with Crippen molar-refractivity contribution in [2.75, 3.05) is 38.6 Å². The molecule has 1 aliphatic rings. The van der Waals surface area contributed by atoms with E-state index < -0.39 is 16.0 Å². The van der Waals surface area contributed by atoms with E-state index in [1.165, 1.54) is 6.07 Å². The van der Waals surface area contributed by atoms with Crippen molar-refractivity contribution in [2.24, 2.45) is 5.14 Å². The number of nitrogens with zero attached hydrogens (tertiary/aromatic N) is 2. The predicted octanol–water partition coefficient (Wildman–Crippen LogP) is 3.12. The van der Waals surface area contributed by atoms with Crippen LogP contribution in [0.2, 0.25) is 0 Å². The van der Waals surface area contributed by atoms with E-state index in [9.17, 15) is 22.4 Å². The van der Waals surface area contributed by atoms with Crippen LogP contribution in [-0.4, -0.2) is 86.1 Å². The summed E-state index contributed by atoms with van der Waals surface area (Å²) in [4.78, 5) is 37.3. The molecular formula is C33H47FN6O7S. The van der Waals surface area contributed by atoms with Gasteiger partial charge < -0.3 is 35.9 Å². The number of primary sulfonamides is 1. The molecule has 1 atom stereocenters. The van der Waals surface area contributed by atoms with Gasteiger partial charge in [-0.05, 0) is 70.0 Å². The van der Waals surface area contributed by atoms with Gasteiger partial charge in [0.2, 0.25) is 10.0 Å². The van der Waals surface area contributed by atoms with Gasteiger partial charge in [0.1, 0.15) is 17.9 Å². The van der Waals surface area contributed by atoms with Crippen molar-refractivity contribution in [2.45, 2.75) is 57.5 Å². The molecule has 2 amide bonds. The number of benzene rings is 2. The summed E-state index contributed by atoms with van der Waals surface area (Å²) in [5, 5.41) is 29.4. The molecule has 0 aliphatic carbocycles. The predicted molar refractivity (Wildman–Crippen MR) is 182 cm³/mol. The van der Waals surface area contributed by atoms with Gasteiger partial charge in [-0.25, -0.2) is 27.7 Å². The molecule has 1 saturated heterocycles. The molecule has 13 nitrogen and oxygen atoms in total. The molecule has 48 heavy (non-hydrogen) atoms. The number of anilines is 1. The Labute approximate surface area is 281 Å². The number of pyridine rings is 1. The average Bonchev–Trinajstić information content (AvgIpc) is 3.51. The Kier molecular flexibility index (Phi) is 19.2. The first-order valence-electron chi connectivity index (χ1n) is 15.2. The summed E-state index contributed by atoms with van der Waals surface area (Å²) in [5.74, 6) is -0.252. The third-order valence-corrected chi connectivity index (χ3v) is 7.98. The van der Waals surface area contributed by atoms with Crippen molar-refractivity contribution in [3.05, 3.63) is 88.9 Å². The lowest BCUT2D eigenvalue weighted by atomic mass is 10.1. The van der Waals surface area contributed by atoms with Gasteiger partial charge in [0, 0.05) is 37.9 Å².